The quantitative estimate of drug-likeness (QED) is 0.738. The van der Waals surface area contributed by atoms with E-state index in [1.165, 1.54) is 19.2 Å². The van der Waals surface area contributed by atoms with Gasteiger partial charge < -0.3 is 15.6 Å². The zero-order valence-corrected chi connectivity index (χ0v) is 11.0. The predicted molar refractivity (Wildman–Crippen MR) is 70.4 cm³/mol. The second kappa shape index (κ2) is 6.00. The summed E-state index contributed by atoms with van der Waals surface area (Å²) in [6.45, 7) is 5.08. The third-order valence-electron chi connectivity index (χ3n) is 3.81. The molecule has 1 saturated heterocycles. The lowest BCUT2D eigenvalue weighted by molar-refractivity contribution is 0.0901. The summed E-state index contributed by atoms with van der Waals surface area (Å²) in [5.41, 5.74) is 0.811. The van der Waals surface area contributed by atoms with E-state index in [0.29, 0.717) is 5.69 Å². The van der Waals surface area contributed by atoms with Crippen LogP contribution in [0.4, 0.5) is 0 Å². The summed E-state index contributed by atoms with van der Waals surface area (Å²) < 4.78 is 0. The number of carbonyl (C=O) groups is 1. The summed E-state index contributed by atoms with van der Waals surface area (Å²) in [4.78, 5) is 18.6. The second-order valence-corrected chi connectivity index (χ2v) is 5.15. The van der Waals surface area contributed by atoms with E-state index in [9.17, 15) is 4.79 Å². The first kappa shape index (κ1) is 13.1. The molecular formula is C13H22N4O. The molecule has 3 N–H and O–H groups in total. The minimum absolute atomic E-state index is 0.0542. The first-order valence-electron chi connectivity index (χ1n) is 6.73. The fourth-order valence-electron chi connectivity index (χ4n) is 2.75. The van der Waals surface area contributed by atoms with Crippen LogP contribution >= 0.6 is 0 Å². The largest absolute Gasteiger partial charge is 0.350 e. The van der Waals surface area contributed by atoms with Crippen LogP contribution in [0, 0.1) is 5.41 Å². The summed E-state index contributed by atoms with van der Waals surface area (Å²) in [7, 11) is 0. The molecule has 0 bridgehead atoms. The highest BCUT2D eigenvalue weighted by molar-refractivity contribution is 5.91. The normalized spacial score (nSPS) is 18.5. The van der Waals surface area contributed by atoms with Gasteiger partial charge >= 0.3 is 0 Å². The van der Waals surface area contributed by atoms with Gasteiger partial charge in [-0.1, -0.05) is 13.3 Å². The molecule has 1 fully saturated rings. The molecule has 1 aromatic heterocycles. The summed E-state index contributed by atoms with van der Waals surface area (Å²) in [6, 6.07) is 0. The van der Waals surface area contributed by atoms with E-state index in [1.807, 2.05) is 0 Å². The summed E-state index contributed by atoms with van der Waals surface area (Å²) >= 11 is 0. The van der Waals surface area contributed by atoms with E-state index in [0.717, 1.165) is 32.5 Å². The lowest BCUT2D eigenvalue weighted by Crippen LogP contribution is -2.44. The van der Waals surface area contributed by atoms with Crippen LogP contribution in [0.5, 0.6) is 0 Å². The minimum Gasteiger partial charge on any atom is -0.350 e. The number of hydrogen-bond acceptors (Lipinski definition) is 3. The molecule has 5 heteroatoms. The van der Waals surface area contributed by atoms with Crippen molar-refractivity contribution in [2.45, 2.75) is 32.6 Å². The van der Waals surface area contributed by atoms with E-state index in [1.54, 1.807) is 6.20 Å². The predicted octanol–water partition coefficient (Wildman–Crippen LogP) is 1.31. The number of piperidine rings is 1. The van der Waals surface area contributed by atoms with E-state index in [-0.39, 0.29) is 11.3 Å². The van der Waals surface area contributed by atoms with E-state index >= 15 is 0 Å². The van der Waals surface area contributed by atoms with Gasteiger partial charge in [0.15, 0.2) is 0 Å². The highest BCUT2D eigenvalue weighted by atomic mass is 16.1. The Kier molecular flexibility index (Phi) is 4.36. The van der Waals surface area contributed by atoms with Gasteiger partial charge in [-0.05, 0) is 37.8 Å². The van der Waals surface area contributed by atoms with Crippen molar-refractivity contribution in [1.82, 2.24) is 20.6 Å². The topological polar surface area (TPSA) is 69.8 Å². The molecule has 2 rings (SSSR count). The maximum atomic E-state index is 11.9. The van der Waals surface area contributed by atoms with Crippen LogP contribution in [0.15, 0.2) is 12.5 Å². The van der Waals surface area contributed by atoms with Gasteiger partial charge in [0.25, 0.3) is 5.91 Å². The Balaban J connectivity index is 1.91. The molecule has 0 aromatic carbocycles. The molecule has 1 aliphatic heterocycles. The van der Waals surface area contributed by atoms with Gasteiger partial charge in [0.2, 0.25) is 0 Å². The Morgan fingerprint density at radius 1 is 1.50 bits per heavy atom. The lowest BCUT2D eigenvalue weighted by atomic mass is 9.75. The van der Waals surface area contributed by atoms with Gasteiger partial charge in [-0.25, -0.2) is 4.98 Å². The molecule has 0 saturated carbocycles. The zero-order chi connectivity index (χ0) is 12.8. The molecule has 100 valence electrons. The molecule has 1 aromatic rings. The highest BCUT2D eigenvalue weighted by Crippen LogP contribution is 2.33. The van der Waals surface area contributed by atoms with Crippen LogP contribution in [0.25, 0.3) is 0 Å². The van der Waals surface area contributed by atoms with Crippen LogP contribution in [-0.2, 0) is 0 Å². The molecule has 0 atom stereocenters. The average molecular weight is 250 g/mol. The number of rotatable bonds is 5. The van der Waals surface area contributed by atoms with Gasteiger partial charge in [-0.2, -0.15) is 0 Å². The first-order valence-corrected chi connectivity index (χ1v) is 6.73. The van der Waals surface area contributed by atoms with Crippen molar-refractivity contribution in [3.63, 3.8) is 0 Å². The molecular weight excluding hydrogens is 228 g/mol. The maximum Gasteiger partial charge on any atom is 0.269 e. The number of nitrogens with one attached hydrogen (secondary N) is 3. The fourth-order valence-corrected chi connectivity index (χ4v) is 2.75. The minimum atomic E-state index is -0.0542. The summed E-state index contributed by atoms with van der Waals surface area (Å²) in [6.07, 6.45) is 7.72. The standard InChI is InChI=1S/C13H22N4O/c1-2-3-13(4-6-14-7-5-13)9-16-12(18)11-8-15-10-17-11/h8,10,14H,2-7,9H2,1H3,(H,15,17)(H,16,18). The number of aromatic nitrogens is 2. The van der Waals surface area contributed by atoms with Gasteiger partial charge in [0.1, 0.15) is 5.69 Å². The number of aromatic amines is 1. The number of hydrogen-bond donors (Lipinski definition) is 3. The summed E-state index contributed by atoms with van der Waals surface area (Å²) in [5.74, 6) is -0.0542. The van der Waals surface area contributed by atoms with Crippen LogP contribution in [0.1, 0.15) is 43.1 Å². The third kappa shape index (κ3) is 3.10. The Labute approximate surface area is 108 Å². The summed E-state index contributed by atoms with van der Waals surface area (Å²) in [5, 5.41) is 6.43. The van der Waals surface area contributed by atoms with Gasteiger partial charge in [-0.15, -0.1) is 0 Å². The SMILES string of the molecule is CCCC1(CNC(=O)c2cnc[nH]2)CCNCC1. The number of nitrogens with zero attached hydrogens (tertiary/aromatic N) is 1. The molecule has 0 unspecified atom stereocenters. The fraction of sp³-hybridized carbons (Fsp3) is 0.692. The average Bonchev–Trinajstić information content (AvgIpc) is 2.91. The van der Waals surface area contributed by atoms with Gasteiger partial charge in [0, 0.05) is 6.54 Å². The second-order valence-electron chi connectivity index (χ2n) is 5.15. The number of H-pyrrole nitrogens is 1. The monoisotopic (exact) mass is 250 g/mol. The van der Waals surface area contributed by atoms with E-state index in [2.05, 4.69) is 27.5 Å². The van der Waals surface area contributed by atoms with Crippen LogP contribution in [0.3, 0.4) is 0 Å². The third-order valence-corrected chi connectivity index (χ3v) is 3.81. The van der Waals surface area contributed by atoms with Gasteiger partial charge in [-0.3, -0.25) is 4.79 Å². The van der Waals surface area contributed by atoms with Crippen LogP contribution < -0.4 is 10.6 Å². The van der Waals surface area contributed by atoms with Crippen molar-refractivity contribution < 1.29 is 4.79 Å². The molecule has 0 aliphatic carbocycles. The lowest BCUT2D eigenvalue weighted by Gasteiger charge is -2.37. The van der Waals surface area contributed by atoms with Crippen molar-refractivity contribution in [3.05, 3.63) is 18.2 Å². The van der Waals surface area contributed by atoms with Crippen molar-refractivity contribution >= 4 is 5.91 Å². The Morgan fingerprint density at radius 3 is 2.89 bits per heavy atom. The van der Waals surface area contributed by atoms with Gasteiger partial charge in [0.05, 0.1) is 12.5 Å². The molecule has 5 nitrogen and oxygen atoms in total. The van der Waals surface area contributed by atoms with Crippen molar-refractivity contribution in [3.8, 4) is 0 Å². The molecule has 0 radical (unpaired) electrons. The molecule has 2 heterocycles. The van der Waals surface area contributed by atoms with E-state index in [4.69, 9.17) is 0 Å². The van der Waals surface area contributed by atoms with Crippen molar-refractivity contribution in [1.29, 1.82) is 0 Å². The van der Waals surface area contributed by atoms with E-state index < -0.39 is 0 Å². The zero-order valence-electron chi connectivity index (χ0n) is 11.0. The molecule has 18 heavy (non-hydrogen) atoms. The molecule has 0 spiro atoms. The number of imidazole rings is 1. The molecule has 1 amide bonds. The smallest absolute Gasteiger partial charge is 0.269 e. The van der Waals surface area contributed by atoms with Crippen molar-refractivity contribution in [2.24, 2.45) is 5.41 Å². The Morgan fingerprint density at radius 2 is 2.28 bits per heavy atom. The molecule has 1 aliphatic rings. The Hall–Kier alpha value is -1.36. The van der Waals surface area contributed by atoms with Crippen LogP contribution in [0.2, 0.25) is 0 Å². The number of carbonyl (C=O) groups excluding carboxylic acids is 1. The van der Waals surface area contributed by atoms with Crippen LogP contribution in [-0.4, -0.2) is 35.5 Å². The maximum absolute atomic E-state index is 11.9. The Bertz CT molecular complexity index is 363. The number of amides is 1. The highest BCUT2D eigenvalue weighted by Gasteiger charge is 2.31. The van der Waals surface area contributed by atoms with Crippen molar-refractivity contribution in [2.75, 3.05) is 19.6 Å². The first-order chi connectivity index (χ1) is 8.76.